The minimum Gasteiger partial charge on any atom is -0.507 e. The van der Waals surface area contributed by atoms with Crippen molar-refractivity contribution >= 4 is 11.0 Å². The van der Waals surface area contributed by atoms with Crippen molar-refractivity contribution in [1.29, 1.82) is 0 Å². The highest BCUT2D eigenvalue weighted by atomic mass is 16.3. The van der Waals surface area contributed by atoms with Gasteiger partial charge in [0.25, 0.3) is 0 Å². The van der Waals surface area contributed by atoms with Crippen LogP contribution in [0.3, 0.4) is 0 Å². The number of aliphatic hydroxyl groups is 1. The van der Waals surface area contributed by atoms with E-state index in [9.17, 15) is 15.0 Å². The number of hydrogen-bond acceptors (Lipinski definition) is 7. The van der Waals surface area contributed by atoms with Crippen LogP contribution in [-0.4, -0.2) is 64.5 Å². The third kappa shape index (κ3) is 3.98. The zero-order chi connectivity index (χ0) is 20.4. The van der Waals surface area contributed by atoms with E-state index in [1.165, 1.54) is 12.1 Å². The van der Waals surface area contributed by atoms with Crippen molar-refractivity contribution in [2.24, 2.45) is 0 Å². The number of nitrogens with zero attached hydrogens (tertiary/aromatic N) is 2. The summed E-state index contributed by atoms with van der Waals surface area (Å²) >= 11 is 0. The molecule has 0 radical (unpaired) electrons. The normalized spacial score (nSPS) is 15.8. The minimum atomic E-state index is -0.350. The molecule has 0 amide bonds. The topological polar surface area (TPSA) is 97.4 Å². The minimum absolute atomic E-state index is 0.0800. The summed E-state index contributed by atoms with van der Waals surface area (Å²) in [4.78, 5) is 17.0. The molecule has 0 saturated carbocycles. The van der Waals surface area contributed by atoms with Gasteiger partial charge >= 0.3 is 0 Å². The number of piperazine rings is 1. The highest BCUT2D eigenvalue weighted by Gasteiger charge is 2.22. The third-order valence-corrected chi connectivity index (χ3v) is 5.40. The maximum absolute atomic E-state index is 12.7. The van der Waals surface area contributed by atoms with E-state index in [2.05, 4.69) is 9.80 Å². The van der Waals surface area contributed by atoms with Crippen LogP contribution in [0.15, 0.2) is 51.7 Å². The summed E-state index contributed by atoms with van der Waals surface area (Å²) in [7, 11) is 0. The average Bonchev–Trinajstić information content (AvgIpc) is 2.72. The van der Waals surface area contributed by atoms with E-state index in [0.717, 1.165) is 31.7 Å². The molecule has 0 spiro atoms. The highest BCUT2D eigenvalue weighted by Crippen LogP contribution is 2.36. The predicted octanol–water partition coefficient (Wildman–Crippen LogP) is 1.98. The molecule has 2 heterocycles. The first-order valence-electron chi connectivity index (χ1n) is 9.69. The van der Waals surface area contributed by atoms with Gasteiger partial charge in [-0.15, -0.1) is 0 Å². The first-order chi connectivity index (χ1) is 14.1. The van der Waals surface area contributed by atoms with Crippen molar-refractivity contribution in [2.75, 3.05) is 39.3 Å². The number of fused-ring (bicyclic) bond motifs is 1. The van der Waals surface area contributed by atoms with Crippen LogP contribution in [-0.2, 0) is 6.54 Å². The zero-order valence-electron chi connectivity index (χ0n) is 16.0. The first kappa shape index (κ1) is 19.4. The second kappa shape index (κ2) is 8.24. The Morgan fingerprint density at radius 1 is 0.966 bits per heavy atom. The lowest BCUT2D eigenvalue weighted by atomic mass is 10.1. The lowest BCUT2D eigenvalue weighted by Gasteiger charge is -2.34. The fourth-order valence-electron chi connectivity index (χ4n) is 3.77. The van der Waals surface area contributed by atoms with Crippen molar-refractivity contribution in [3.05, 3.63) is 58.3 Å². The molecule has 29 heavy (non-hydrogen) atoms. The number of benzene rings is 2. The van der Waals surface area contributed by atoms with E-state index >= 15 is 0 Å². The van der Waals surface area contributed by atoms with Gasteiger partial charge in [0.1, 0.15) is 28.2 Å². The van der Waals surface area contributed by atoms with Gasteiger partial charge in [0, 0.05) is 57.0 Å². The molecular formula is C22H24N2O5. The number of β-amino-alcohol motifs (C(OH)–C–C–N with tert-alkyl or cyclic N) is 1. The summed E-state index contributed by atoms with van der Waals surface area (Å²) in [6.45, 7) is 4.21. The first-order valence-corrected chi connectivity index (χ1v) is 9.69. The molecule has 1 fully saturated rings. The molecule has 3 aromatic rings. The zero-order valence-corrected chi connectivity index (χ0v) is 16.0. The summed E-state index contributed by atoms with van der Waals surface area (Å²) in [5, 5.41) is 30.4. The van der Waals surface area contributed by atoms with E-state index < -0.39 is 0 Å². The number of phenols is 2. The molecule has 0 atom stereocenters. The molecule has 0 bridgehead atoms. The standard InChI is InChI=1S/C22H24N2O5/c25-11-10-23-6-8-24(9-7-23)14-16-17(26)12-20-21(22(16)28)18(27)13-19(29-20)15-4-2-1-3-5-15/h1-5,12-13,25-26,28H,6-11,14H2. The van der Waals surface area contributed by atoms with E-state index in [-0.39, 0.29) is 34.5 Å². The third-order valence-electron chi connectivity index (χ3n) is 5.40. The van der Waals surface area contributed by atoms with E-state index in [0.29, 0.717) is 24.4 Å². The molecule has 4 rings (SSSR count). The van der Waals surface area contributed by atoms with Gasteiger partial charge in [0.2, 0.25) is 0 Å². The summed E-state index contributed by atoms with van der Waals surface area (Å²) in [6, 6.07) is 12.0. The number of aromatic hydroxyl groups is 2. The molecule has 1 aliphatic heterocycles. The maximum atomic E-state index is 12.7. The Bertz CT molecular complexity index is 1060. The van der Waals surface area contributed by atoms with Gasteiger partial charge in [-0.05, 0) is 0 Å². The number of aliphatic hydroxyl groups excluding tert-OH is 1. The highest BCUT2D eigenvalue weighted by molar-refractivity contribution is 5.87. The van der Waals surface area contributed by atoms with Crippen molar-refractivity contribution in [3.8, 4) is 22.8 Å². The van der Waals surface area contributed by atoms with Crippen molar-refractivity contribution in [2.45, 2.75) is 6.54 Å². The van der Waals surface area contributed by atoms with Gasteiger partial charge in [-0.25, -0.2) is 0 Å². The Hall–Kier alpha value is -2.87. The summed E-state index contributed by atoms with van der Waals surface area (Å²) in [5.74, 6) is 0.0574. The van der Waals surface area contributed by atoms with Gasteiger partial charge in [-0.2, -0.15) is 0 Å². The molecule has 2 aromatic carbocycles. The van der Waals surface area contributed by atoms with Crippen LogP contribution in [0.5, 0.6) is 11.5 Å². The van der Waals surface area contributed by atoms with Gasteiger partial charge in [-0.1, -0.05) is 30.3 Å². The number of phenolic OH excluding ortho intramolecular Hbond substituents is 2. The monoisotopic (exact) mass is 396 g/mol. The predicted molar refractivity (Wildman–Crippen MR) is 110 cm³/mol. The molecule has 0 unspecified atom stereocenters. The van der Waals surface area contributed by atoms with Crippen LogP contribution in [0, 0.1) is 0 Å². The molecule has 1 aliphatic rings. The second-order valence-corrected chi connectivity index (χ2v) is 7.28. The van der Waals surface area contributed by atoms with Crippen molar-refractivity contribution in [1.82, 2.24) is 9.80 Å². The Morgan fingerprint density at radius 3 is 2.34 bits per heavy atom. The Morgan fingerprint density at radius 2 is 1.66 bits per heavy atom. The molecule has 152 valence electrons. The number of hydrogen-bond donors (Lipinski definition) is 3. The fraction of sp³-hybridized carbons (Fsp3) is 0.318. The van der Waals surface area contributed by atoms with E-state index in [1.807, 2.05) is 30.3 Å². The van der Waals surface area contributed by atoms with E-state index in [1.54, 1.807) is 0 Å². The smallest absolute Gasteiger partial charge is 0.197 e. The molecular weight excluding hydrogens is 372 g/mol. The molecule has 1 aromatic heterocycles. The van der Waals surface area contributed by atoms with Crippen LogP contribution in [0.25, 0.3) is 22.3 Å². The van der Waals surface area contributed by atoms with Gasteiger partial charge in [0.15, 0.2) is 5.43 Å². The molecule has 7 nitrogen and oxygen atoms in total. The van der Waals surface area contributed by atoms with Crippen molar-refractivity contribution in [3.63, 3.8) is 0 Å². The Balaban J connectivity index is 1.65. The van der Waals surface area contributed by atoms with E-state index in [4.69, 9.17) is 9.52 Å². The Labute approximate surface area is 168 Å². The fourth-order valence-corrected chi connectivity index (χ4v) is 3.77. The van der Waals surface area contributed by atoms with Gasteiger partial charge in [-0.3, -0.25) is 14.6 Å². The van der Waals surface area contributed by atoms with Crippen LogP contribution in [0.2, 0.25) is 0 Å². The van der Waals surface area contributed by atoms with Gasteiger partial charge in [0.05, 0.1) is 12.2 Å². The average molecular weight is 396 g/mol. The summed E-state index contributed by atoms with van der Waals surface area (Å²) in [6.07, 6.45) is 0. The lowest BCUT2D eigenvalue weighted by molar-refractivity contribution is 0.107. The molecule has 7 heteroatoms. The number of rotatable bonds is 5. The second-order valence-electron chi connectivity index (χ2n) is 7.28. The largest absolute Gasteiger partial charge is 0.507 e. The van der Waals surface area contributed by atoms with Gasteiger partial charge < -0.3 is 19.7 Å². The van der Waals surface area contributed by atoms with Crippen LogP contribution in [0.1, 0.15) is 5.56 Å². The quantitative estimate of drug-likeness (QED) is 0.607. The summed E-state index contributed by atoms with van der Waals surface area (Å²) < 4.78 is 5.81. The summed E-state index contributed by atoms with van der Waals surface area (Å²) in [5.41, 5.74) is 0.877. The SMILES string of the molecule is O=c1cc(-c2ccccc2)oc2cc(O)c(CN3CCN(CCO)CC3)c(O)c12. The van der Waals surface area contributed by atoms with Crippen LogP contribution in [0.4, 0.5) is 0 Å². The molecule has 0 aliphatic carbocycles. The maximum Gasteiger partial charge on any atom is 0.197 e. The molecule has 3 N–H and O–H groups in total. The Kier molecular flexibility index (Phi) is 5.53. The van der Waals surface area contributed by atoms with Crippen molar-refractivity contribution < 1.29 is 19.7 Å². The van der Waals surface area contributed by atoms with Crippen LogP contribution < -0.4 is 5.43 Å². The van der Waals surface area contributed by atoms with Crippen LogP contribution >= 0.6 is 0 Å². The lowest BCUT2D eigenvalue weighted by Crippen LogP contribution is -2.46. The molecule has 1 saturated heterocycles.